The van der Waals surface area contributed by atoms with E-state index in [0.29, 0.717) is 28.6 Å². The Balaban J connectivity index is 1.97. The molecule has 1 N–H and O–H groups in total. The van der Waals surface area contributed by atoms with E-state index in [1.807, 2.05) is 0 Å². The average molecular weight is 526 g/mol. The largest absolute Gasteiger partial charge is 0.416 e. The molecule has 2 atom stereocenters. The lowest BCUT2D eigenvalue weighted by atomic mass is 9.93. The first-order valence-electron chi connectivity index (χ1n) is 11.2. The van der Waals surface area contributed by atoms with Crippen LogP contribution < -0.4 is 0 Å². The van der Waals surface area contributed by atoms with Crippen molar-refractivity contribution in [3.05, 3.63) is 70.9 Å². The van der Waals surface area contributed by atoms with Gasteiger partial charge in [0.2, 0.25) is 6.08 Å². The molecule has 2 aromatic carbocycles. The first-order valence-corrected chi connectivity index (χ1v) is 11.2. The van der Waals surface area contributed by atoms with Crippen molar-refractivity contribution in [1.82, 2.24) is 4.98 Å². The summed E-state index contributed by atoms with van der Waals surface area (Å²) in [6.07, 6.45) is -9.22. The number of aryl methyl sites for hydroxylation is 1. The Labute approximate surface area is 208 Å². The monoisotopic (exact) mass is 526 g/mol. The predicted octanol–water partition coefficient (Wildman–Crippen LogP) is 6.97. The van der Waals surface area contributed by atoms with Crippen LogP contribution in [0.15, 0.2) is 53.7 Å². The summed E-state index contributed by atoms with van der Waals surface area (Å²) >= 11 is 0. The van der Waals surface area contributed by atoms with Crippen LogP contribution in [0.3, 0.4) is 0 Å². The lowest BCUT2D eigenvalue weighted by Crippen LogP contribution is -2.37. The van der Waals surface area contributed by atoms with Gasteiger partial charge in [-0.3, -0.25) is 4.79 Å². The molecule has 3 aromatic rings. The van der Waals surface area contributed by atoms with Gasteiger partial charge in [0.05, 0.1) is 16.7 Å². The quantitative estimate of drug-likeness (QED) is 0.196. The second kappa shape index (κ2) is 10.5. The van der Waals surface area contributed by atoms with E-state index in [4.69, 9.17) is 4.74 Å². The zero-order valence-electron chi connectivity index (χ0n) is 20.1. The molecule has 0 bridgehead atoms. The van der Waals surface area contributed by atoms with Gasteiger partial charge < -0.3 is 9.72 Å². The number of rotatable bonds is 8. The molecule has 11 heteroatoms. The van der Waals surface area contributed by atoms with E-state index < -0.39 is 59.9 Å². The number of H-pyrrole nitrogens is 1. The highest BCUT2D eigenvalue weighted by atomic mass is 19.4. The first-order chi connectivity index (χ1) is 17.1. The van der Waals surface area contributed by atoms with Crippen molar-refractivity contribution in [1.29, 1.82) is 0 Å². The highest BCUT2D eigenvalue weighted by molar-refractivity contribution is 5.88. The summed E-state index contributed by atoms with van der Waals surface area (Å²) in [6.45, 7) is 4.98. The van der Waals surface area contributed by atoms with Gasteiger partial charge in [-0.15, -0.1) is 0 Å². The number of halogens is 6. The maximum atomic E-state index is 13.3. The SMILES string of the molecule is CC(C)(C)OC(C(=O)CCc1cc(C(F)(F)F)cc(C(F)(F)F)c1)C(N=C=O)c1c[nH]c2ccccc12. The number of para-hydroxylation sites is 1. The van der Waals surface area contributed by atoms with Crippen molar-refractivity contribution in [2.45, 2.75) is 63.7 Å². The van der Waals surface area contributed by atoms with E-state index in [2.05, 4.69) is 9.98 Å². The summed E-state index contributed by atoms with van der Waals surface area (Å²) < 4.78 is 85.2. The number of carbonyl (C=O) groups is 1. The lowest BCUT2D eigenvalue weighted by Gasteiger charge is -2.30. The van der Waals surface area contributed by atoms with Gasteiger partial charge in [0.15, 0.2) is 5.78 Å². The van der Waals surface area contributed by atoms with Crippen LogP contribution in [0.1, 0.15) is 55.5 Å². The van der Waals surface area contributed by atoms with Crippen LogP contribution in [-0.2, 0) is 33.1 Å². The van der Waals surface area contributed by atoms with Gasteiger partial charge in [-0.25, -0.2) is 4.79 Å². The Hall–Kier alpha value is -3.43. The molecule has 0 amide bonds. The number of aromatic amines is 1. The third-order valence-corrected chi connectivity index (χ3v) is 5.52. The molecule has 1 heterocycles. The van der Waals surface area contributed by atoms with Crippen molar-refractivity contribution in [3.63, 3.8) is 0 Å². The highest BCUT2D eigenvalue weighted by Crippen LogP contribution is 2.37. The number of ketones is 1. The average Bonchev–Trinajstić information content (AvgIpc) is 3.21. The molecule has 2 unspecified atom stereocenters. The number of nitrogens with one attached hydrogen (secondary N) is 1. The minimum atomic E-state index is -5.00. The molecule has 0 aliphatic rings. The van der Waals surface area contributed by atoms with Crippen LogP contribution in [0.5, 0.6) is 0 Å². The third-order valence-electron chi connectivity index (χ3n) is 5.52. The first kappa shape index (κ1) is 28.1. The van der Waals surface area contributed by atoms with Crippen LogP contribution in [0.4, 0.5) is 26.3 Å². The second-order valence-corrected chi connectivity index (χ2v) is 9.49. The van der Waals surface area contributed by atoms with Crippen LogP contribution in [0.2, 0.25) is 0 Å². The number of hydrogen-bond donors (Lipinski definition) is 1. The minimum Gasteiger partial charge on any atom is -0.362 e. The topological polar surface area (TPSA) is 71.5 Å². The van der Waals surface area contributed by atoms with Gasteiger partial charge in [0, 0.05) is 29.1 Å². The Morgan fingerprint density at radius 3 is 2.14 bits per heavy atom. The number of carbonyl (C=O) groups excluding carboxylic acids is 2. The van der Waals surface area contributed by atoms with Crippen molar-refractivity contribution in [3.8, 4) is 0 Å². The number of hydrogen-bond acceptors (Lipinski definition) is 4. The lowest BCUT2D eigenvalue weighted by molar-refractivity contribution is -0.143. The highest BCUT2D eigenvalue weighted by Gasteiger charge is 2.38. The number of benzene rings is 2. The molecule has 5 nitrogen and oxygen atoms in total. The zero-order chi connectivity index (χ0) is 27.6. The zero-order valence-corrected chi connectivity index (χ0v) is 20.1. The van der Waals surface area contributed by atoms with E-state index in [-0.39, 0.29) is 11.6 Å². The maximum absolute atomic E-state index is 13.3. The van der Waals surface area contributed by atoms with E-state index in [1.165, 1.54) is 6.08 Å². The van der Waals surface area contributed by atoms with Crippen molar-refractivity contribution >= 4 is 22.8 Å². The number of fused-ring (bicyclic) bond motifs is 1. The van der Waals surface area contributed by atoms with Crippen LogP contribution in [0.25, 0.3) is 10.9 Å². The smallest absolute Gasteiger partial charge is 0.362 e. The number of Topliss-reactive ketones (excluding diaryl/α,β-unsaturated/α-hetero) is 1. The van der Waals surface area contributed by atoms with Gasteiger partial charge in [0.1, 0.15) is 12.1 Å². The summed E-state index contributed by atoms with van der Waals surface area (Å²) in [4.78, 5) is 31.4. The summed E-state index contributed by atoms with van der Waals surface area (Å²) in [5.74, 6) is -0.643. The molecule has 0 radical (unpaired) electrons. The van der Waals surface area contributed by atoms with Crippen molar-refractivity contribution in [2.24, 2.45) is 4.99 Å². The molecule has 1 aromatic heterocycles. The van der Waals surface area contributed by atoms with Gasteiger partial charge >= 0.3 is 12.4 Å². The molecule has 0 aliphatic heterocycles. The number of aromatic nitrogens is 1. The fraction of sp³-hybridized carbons (Fsp3) is 0.385. The molecule has 0 saturated heterocycles. The van der Waals surface area contributed by atoms with Crippen LogP contribution >= 0.6 is 0 Å². The van der Waals surface area contributed by atoms with Gasteiger partial charge in [-0.2, -0.15) is 31.3 Å². The minimum absolute atomic E-state index is 0.0304. The fourth-order valence-corrected chi connectivity index (χ4v) is 3.96. The maximum Gasteiger partial charge on any atom is 0.416 e. The molecule has 0 spiro atoms. The summed E-state index contributed by atoms with van der Waals surface area (Å²) in [6, 6.07) is 7.09. The molecule has 0 aliphatic carbocycles. The fourth-order valence-electron chi connectivity index (χ4n) is 3.96. The molecule has 0 saturated carbocycles. The Kier molecular flexibility index (Phi) is 8.00. The number of nitrogens with zero attached hydrogens (tertiary/aromatic N) is 1. The molecule has 37 heavy (non-hydrogen) atoms. The molecule has 3 rings (SSSR count). The van der Waals surface area contributed by atoms with E-state index in [0.717, 1.165) is 0 Å². The molecular weight excluding hydrogens is 502 g/mol. The number of ether oxygens (including phenoxy) is 1. The third kappa shape index (κ3) is 7.08. The summed E-state index contributed by atoms with van der Waals surface area (Å²) in [5, 5.41) is 0.662. The Morgan fingerprint density at radius 1 is 1.00 bits per heavy atom. The summed E-state index contributed by atoms with van der Waals surface area (Å²) in [5.41, 5.74) is -2.98. The molecule has 0 fully saturated rings. The number of aliphatic imine (C=N–C) groups is 1. The van der Waals surface area contributed by atoms with E-state index in [1.54, 1.807) is 51.2 Å². The number of isocyanates is 1. The van der Waals surface area contributed by atoms with Crippen LogP contribution in [-0.4, -0.2) is 28.6 Å². The van der Waals surface area contributed by atoms with Gasteiger partial charge in [-0.05, 0) is 57.0 Å². The van der Waals surface area contributed by atoms with Crippen LogP contribution in [0, 0.1) is 0 Å². The second-order valence-electron chi connectivity index (χ2n) is 9.49. The van der Waals surface area contributed by atoms with Gasteiger partial charge in [0.25, 0.3) is 0 Å². The number of alkyl halides is 6. The normalized spacial score (nSPS) is 14.3. The van der Waals surface area contributed by atoms with E-state index >= 15 is 0 Å². The Morgan fingerprint density at radius 2 is 1.59 bits per heavy atom. The van der Waals surface area contributed by atoms with Crippen molar-refractivity contribution in [2.75, 3.05) is 0 Å². The molecular formula is C26H24F6N2O3. The molecule has 198 valence electrons. The Bertz CT molecular complexity index is 1280. The van der Waals surface area contributed by atoms with E-state index in [9.17, 15) is 35.9 Å². The van der Waals surface area contributed by atoms with Crippen molar-refractivity contribution < 1.29 is 40.7 Å². The summed E-state index contributed by atoms with van der Waals surface area (Å²) in [7, 11) is 0. The van der Waals surface area contributed by atoms with Gasteiger partial charge in [-0.1, -0.05) is 18.2 Å². The standard InChI is InChI=1S/C26H24F6N2O3/c1-24(2,3)37-23(22(34-14-35)19-13-33-20-7-5-4-6-18(19)20)21(36)9-8-15-10-16(25(27,28)29)12-17(11-15)26(30,31)32/h4-7,10-13,22-23,33H,8-9H2,1-3H3. The predicted molar refractivity (Wildman–Crippen MR) is 124 cm³/mol.